The predicted molar refractivity (Wildman–Crippen MR) is 91.1 cm³/mol. The van der Waals surface area contributed by atoms with Crippen LogP contribution in [0.25, 0.3) is 6.08 Å². The first-order valence-electron chi connectivity index (χ1n) is 6.57. The van der Waals surface area contributed by atoms with Crippen molar-refractivity contribution in [1.29, 1.82) is 0 Å². The first-order valence-corrected chi connectivity index (χ1v) is 8.18. The summed E-state index contributed by atoms with van der Waals surface area (Å²) in [5, 5.41) is 0. The fraction of sp³-hybridized carbons (Fsp3) is 0.118. The summed E-state index contributed by atoms with van der Waals surface area (Å²) in [6.07, 6.45) is 1.85. The number of hydrogen-bond donors (Lipinski definition) is 0. The van der Waals surface area contributed by atoms with Gasteiger partial charge in [0.15, 0.2) is 0 Å². The third kappa shape index (κ3) is 4.76. The predicted octanol–water partition coefficient (Wildman–Crippen LogP) is 5.15. The van der Waals surface area contributed by atoms with E-state index in [9.17, 15) is 4.79 Å². The van der Waals surface area contributed by atoms with Crippen molar-refractivity contribution < 1.29 is 9.53 Å². The fourth-order valence-electron chi connectivity index (χ4n) is 1.68. The maximum absolute atomic E-state index is 12.1. The van der Waals surface area contributed by atoms with E-state index in [1.807, 2.05) is 60.7 Å². The van der Waals surface area contributed by atoms with Crippen LogP contribution in [0.1, 0.15) is 12.5 Å². The Hall–Kier alpha value is -1.52. The molecule has 0 N–H and O–H groups in total. The normalized spacial score (nSPS) is 11.2. The summed E-state index contributed by atoms with van der Waals surface area (Å²) < 4.78 is 6.10. The van der Waals surface area contributed by atoms with Gasteiger partial charge in [0.1, 0.15) is 0 Å². The molecule has 0 unspecified atom stereocenters. The first kappa shape index (κ1) is 15.9. The summed E-state index contributed by atoms with van der Waals surface area (Å²) in [7, 11) is 0. The van der Waals surface area contributed by atoms with Crippen LogP contribution in [-0.2, 0) is 9.53 Å². The molecular formula is C17H15BrO2S. The molecule has 0 saturated heterocycles. The second kappa shape index (κ2) is 8.05. The Morgan fingerprint density at radius 2 is 1.81 bits per heavy atom. The monoisotopic (exact) mass is 362 g/mol. The minimum absolute atomic E-state index is 0.304. The highest BCUT2D eigenvalue weighted by atomic mass is 79.9. The van der Waals surface area contributed by atoms with Crippen LogP contribution in [0.3, 0.4) is 0 Å². The average molecular weight is 363 g/mol. The molecule has 0 atom stereocenters. The molecule has 0 aromatic heterocycles. The van der Waals surface area contributed by atoms with E-state index in [0.29, 0.717) is 11.5 Å². The van der Waals surface area contributed by atoms with Crippen molar-refractivity contribution in [1.82, 2.24) is 0 Å². The van der Waals surface area contributed by atoms with Gasteiger partial charge in [-0.05, 0) is 46.6 Å². The Balaban J connectivity index is 2.31. The van der Waals surface area contributed by atoms with Crippen LogP contribution in [0.5, 0.6) is 0 Å². The SMILES string of the molecule is CCOC(=O)/C(=C/c1ccccc1)Sc1ccccc1Br. The molecule has 0 fully saturated rings. The number of carbonyl (C=O) groups excluding carboxylic acids is 1. The molecule has 0 radical (unpaired) electrons. The molecular weight excluding hydrogens is 348 g/mol. The van der Waals surface area contributed by atoms with E-state index in [-0.39, 0.29) is 5.97 Å². The van der Waals surface area contributed by atoms with Crippen LogP contribution in [0.4, 0.5) is 0 Å². The molecule has 108 valence electrons. The third-order valence-electron chi connectivity index (χ3n) is 2.63. The first-order chi connectivity index (χ1) is 10.2. The zero-order valence-corrected chi connectivity index (χ0v) is 14.0. The van der Waals surface area contributed by atoms with Crippen molar-refractivity contribution in [2.75, 3.05) is 6.61 Å². The molecule has 21 heavy (non-hydrogen) atoms. The molecule has 2 aromatic carbocycles. The van der Waals surface area contributed by atoms with Crippen molar-refractivity contribution in [3.05, 3.63) is 69.5 Å². The second-order valence-corrected chi connectivity index (χ2v) is 6.11. The smallest absolute Gasteiger partial charge is 0.344 e. The Kier molecular flexibility index (Phi) is 6.08. The van der Waals surface area contributed by atoms with Gasteiger partial charge in [-0.2, -0.15) is 0 Å². The van der Waals surface area contributed by atoms with Gasteiger partial charge in [-0.25, -0.2) is 4.79 Å². The van der Waals surface area contributed by atoms with E-state index < -0.39 is 0 Å². The zero-order valence-electron chi connectivity index (χ0n) is 11.6. The minimum atomic E-state index is -0.304. The van der Waals surface area contributed by atoms with Crippen molar-refractivity contribution in [3.8, 4) is 0 Å². The number of benzene rings is 2. The number of halogens is 1. The molecule has 2 aromatic rings. The largest absolute Gasteiger partial charge is 0.462 e. The third-order valence-corrected chi connectivity index (χ3v) is 4.66. The van der Waals surface area contributed by atoms with Gasteiger partial charge in [0, 0.05) is 9.37 Å². The van der Waals surface area contributed by atoms with Crippen molar-refractivity contribution >= 4 is 39.7 Å². The molecule has 2 rings (SSSR count). The molecule has 0 aliphatic heterocycles. The Labute approximate surface area is 137 Å². The molecule has 0 amide bonds. The number of rotatable bonds is 5. The lowest BCUT2D eigenvalue weighted by Crippen LogP contribution is -2.05. The summed E-state index contributed by atoms with van der Waals surface area (Å²) in [6.45, 7) is 2.17. The number of thioether (sulfide) groups is 1. The van der Waals surface area contributed by atoms with Gasteiger partial charge >= 0.3 is 5.97 Å². The summed E-state index contributed by atoms with van der Waals surface area (Å²) >= 11 is 4.90. The van der Waals surface area contributed by atoms with E-state index in [1.54, 1.807) is 6.92 Å². The van der Waals surface area contributed by atoms with Gasteiger partial charge in [-0.15, -0.1) is 0 Å². The van der Waals surface area contributed by atoms with Crippen LogP contribution in [0.15, 0.2) is 68.9 Å². The fourth-order valence-corrected chi connectivity index (χ4v) is 3.09. The molecule has 4 heteroatoms. The maximum atomic E-state index is 12.1. The second-order valence-electron chi connectivity index (χ2n) is 4.17. The molecule has 0 bridgehead atoms. The van der Waals surface area contributed by atoms with E-state index in [4.69, 9.17) is 4.74 Å². The average Bonchev–Trinajstić information content (AvgIpc) is 2.50. The number of ether oxygens (including phenoxy) is 1. The highest BCUT2D eigenvalue weighted by Gasteiger charge is 2.14. The van der Waals surface area contributed by atoms with Crippen LogP contribution in [0.2, 0.25) is 0 Å². The summed E-state index contributed by atoms with van der Waals surface area (Å²) in [6, 6.07) is 17.6. The lowest BCUT2D eigenvalue weighted by Gasteiger charge is -2.08. The van der Waals surface area contributed by atoms with Gasteiger partial charge in [0.05, 0.1) is 11.5 Å². The standard InChI is InChI=1S/C17H15BrO2S/c1-2-20-17(19)16(12-13-8-4-3-5-9-13)21-15-11-7-6-10-14(15)18/h3-12H,2H2,1H3/b16-12-. The Morgan fingerprint density at radius 1 is 1.14 bits per heavy atom. The van der Waals surface area contributed by atoms with E-state index >= 15 is 0 Å². The molecule has 0 aliphatic carbocycles. The maximum Gasteiger partial charge on any atom is 0.344 e. The molecule has 0 spiro atoms. The summed E-state index contributed by atoms with van der Waals surface area (Å²) in [4.78, 5) is 13.7. The number of esters is 1. The lowest BCUT2D eigenvalue weighted by atomic mass is 10.2. The Morgan fingerprint density at radius 3 is 2.48 bits per heavy atom. The van der Waals surface area contributed by atoms with Crippen LogP contribution >= 0.6 is 27.7 Å². The van der Waals surface area contributed by atoms with Crippen LogP contribution < -0.4 is 0 Å². The highest BCUT2D eigenvalue weighted by Crippen LogP contribution is 2.34. The van der Waals surface area contributed by atoms with E-state index in [0.717, 1.165) is 14.9 Å². The Bertz CT molecular complexity index is 638. The lowest BCUT2D eigenvalue weighted by molar-refractivity contribution is -0.137. The molecule has 0 saturated carbocycles. The minimum Gasteiger partial charge on any atom is -0.462 e. The van der Waals surface area contributed by atoms with E-state index in [1.165, 1.54) is 11.8 Å². The van der Waals surface area contributed by atoms with Gasteiger partial charge in [-0.1, -0.05) is 54.2 Å². The molecule has 2 nitrogen and oxygen atoms in total. The van der Waals surface area contributed by atoms with E-state index in [2.05, 4.69) is 15.9 Å². The van der Waals surface area contributed by atoms with Gasteiger partial charge in [-0.3, -0.25) is 0 Å². The van der Waals surface area contributed by atoms with Crippen molar-refractivity contribution in [3.63, 3.8) is 0 Å². The van der Waals surface area contributed by atoms with Crippen molar-refractivity contribution in [2.45, 2.75) is 11.8 Å². The van der Waals surface area contributed by atoms with Gasteiger partial charge in [0.2, 0.25) is 0 Å². The topological polar surface area (TPSA) is 26.3 Å². The van der Waals surface area contributed by atoms with Gasteiger partial charge in [0.25, 0.3) is 0 Å². The van der Waals surface area contributed by atoms with Crippen LogP contribution in [0, 0.1) is 0 Å². The van der Waals surface area contributed by atoms with Crippen LogP contribution in [-0.4, -0.2) is 12.6 Å². The zero-order chi connectivity index (χ0) is 15.1. The summed E-state index contributed by atoms with van der Waals surface area (Å²) in [5.41, 5.74) is 0.972. The summed E-state index contributed by atoms with van der Waals surface area (Å²) in [5.74, 6) is -0.304. The quantitative estimate of drug-likeness (QED) is 0.418. The highest BCUT2D eigenvalue weighted by molar-refractivity contribution is 9.10. The van der Waals surface area contributed by atoms with Crippen molar-refractivity contribution in [2.24, 2.45) is 0 Å². The molecule has 0 heterocycles. The molecule has 0 aliphatic rings. The van der Waals surface area contributed by atoms with Gasteiger partial charge < -0.3 is 4.74 Å². The number of hydrogen-bond acceptors (Lipinski definition) is 3. The number of carbonyl (C=O) groups is 1.